The van der Waals surface area contributed by atoms with Crippen LogP contribution in [-0.4, -0.2) is 34.6 Å². The summed E-state index contributed by atoms with van der Waals surface area (Å²) < 4.78 is 0. The van der Waals surface area contributed by atoms with Crippen molar-refractivity contribution in [3.8, 4) is 0 Å². The Hall–Kier alpha value is -1.98. The molecule has 0 heterocycles. The summed E-state index contributed by atoms with van der Waals surface area (Å²) in [5, 5.41) is 3.62. The van der Waals surface area contributed by atoms with Gasteiger partial charge in [-0.15, -0.1) is 11.8 Å². The van der Waals surface area contributed by atoms with Crippen LogP contribution in [0.15, 0.2) is 59.5 Å². The van der Waals surface area contributed by atoms with Crippen molar-refractivity contribution >= 4 is 35.2 Å². The zero-order valence-electron chi connectivity index (χ0n) is 16.5. The maximum Gasteiger partial charge on any atom is 0.242 e. The highest BCUT2D eigenvalue weighted by atomic mass is 35.5. The molecule has 2 aromatic rings. The molecule has 2 rings (SSSR count). The molecule has 0 fully saturated rings. The molecule has 0 saturated carbocycles. The van der Waals surface area contributed by atoms with E-state index in [1.54, 1.807) is 24.0 Å². The molecule has 0 radical (unpaired) electrons. The third-order valence-corrected chi connectivity index (χ3v) is 5.79. The van der Waals surface area contributed by atoms with Crippen LogP contribution in [0.5, 0.6) is 0 Å². The second kappa shape index (κ2) is 11.1. The first kappa shape index (κ1) is 22.3. The van der Waals surface area contributed by atoms with E-state index in [0.717, 1.165) is 16.9 Å². The summed E-state index contributed by atoms with van der Waals surface area (Å²) in [7, 11) is 0. The number of hydrogen-bond acceptors (Lipinski definition) is 3. The normalized spacial score (nSPS) is 12.9. The molecule has 0 bridgehead atoms. The number of benzene rings is 2. The Bertz CT molecular complexity index is 768. The van der Waals surface area contributed by atoms with E-state index in [1.807, 2.05) is 56.3 Å². The Kier molecular flexibility index (Phi) is 8.87. The number of carbonyl (C=O) groups excluding carboxylic acids is 2. The highest BCUT2D eigenvalue weighted by Gasteiger charge is 2.26. The van der Waals surface area contributed by atoms with Gasteiger partial charge in [-0.1, -0.05) is 48.9 Å². The average Bonchev–Trinajstić information content (AvgIpc) is 2.71. The summed E-state index contributed by atoms with van der Waals surface area (Å²) in [6.07, 6.45) is 0.841. The van der Waals surface area contributed by atoms with Crippen LogP contribution in [0.4, 0.5) is 0 Å². The van der Waals surface area contributed by atoms with Gasteiger partial charge in [0.05, 0.1) is 5.75 Å². The molecule has 2 atom stereocenters. The van der Waals surface area contributed by atoms with Crippen molar-refractivity contribution in [3.05, 3.63) is 65.2 Å². The Morgan fingerprint density at radius 3 is 2.32 bits per heavy atom. The molecule has 0 spiro atoms. The van der Waals surface area contributed by atoms with Crippen molar-refractivity contribution in [2.75, 3.05) is 5.75 Å². The van der Waals surface area contributed by atoms with Gasteiger partial charge in [-0.25, -0.2) is 0 Å². The lowest BCUT2D eigenvalue weighted by molar-refractivity contribution is -0.138. The summed E-state index contributed by atoms with van der Waals surface area (Å²) in [6.45, 7) is 6.11. The topological polar surface area (TPSA) is 49.4 Å². The lowest BCUT2D eigenvalue weighted by Gasteiger charge is -2.29. The van der Waals surface area contributed by atoms with E-state index in [4.69, 9.17) is 11.6 Å². The zero-order valence-corrected chi connectivity index (χ0v) is 18.1. The summed E-state index contributed by atoms with van der Waals surface area (Å²) >= 11 is 7.44. The van der Waals surface area contributed by atoms with Gasteiger partial charge in [-0.3, -0.25) is 9.59 Å². The van der Waals surface area contributed by atoms with Crippen molar-refractivity contribution in [2.24, 2.45) is 0 Å². The molecule has 0 aliphatic rings. The molecule has 0 aliphatic heterocycles. The highest BCUT2D eigenvalue weighted by molar-refractivity contribution is 8.00. The fourth-order valence-electron chi connectivity index (χ4n) is 2.58. The molecular weight excluding hydrogens is 392 g/mol. The Labute approximate surface area is 176 Å². The van der Waals surface area contributed by atoms with Gasteiger partial charge in [0.15, 0.2) is 0 Å². The van der Waals surface area contributed by atoms with Crippen LogP contribution >= 0.6 is 23.4 Å². The molecular formula is C22H27ClN2O2S. The predicted octanol–water partition coefficient (Wildman–Crippen LogP) is 4.76. The van der Waals surface area contributed by atoms with Gasteiger partial charge >= 0.3 is 0 Å². The fourth-order valence-corrected chi connectivity index (χ4v) is 3.51. The number of thioether (sulfide) groups is 1. The SMILES string of the molecule is CC[C@H](C)NC(=O)[C@H](C)N(Cc1ccc(Cl)cc1)C(=O)CSc1ccccc1. The van der Waals surface area contributed by atoms with Gasteiger partial charge in [-0.05, 0) is 50.1 Å². The lowest BCUT2D eigenvalue weighted by atomic mass is 10.1. The quantitative estimate of drug-likeness (QED) is 0.597. The number of hydrogen-bond donors (Lipinski definition) is 1. The minimum absolute atomic E-state index is 0.0705. The average molecular weight is 419 g/mol. The van der Waals surface area contributed by atoms with Gasteiger partial charge < -0.3 is 10.2 Å². The van der Waals surface area contributed by atoms with E-state index >= 15 is 0 Å². The fraction of sp³-hybridized carbons (Fsp3) is 0.364. The first-order valence-corrected chi connectivity index (χ1v) is 10.8. The molecule has 4 nitrogen and oxygen atoms in total. The number of nitrogens with one attached hydrogen (secondary N) is 1. The zero-order chi connectivity index (χ0) is 20.5. The molecule has 2 aromatic carbocycles. The molecule has 0 aromatic heterocycles. The van der Waals surface area contributed by atoms with Gasteiger partial charge in [-0.2, -0.15) is 0 Å². The minimum atomic E-state index is -0.562. The third-order valence-electron chi connectivity index (χ3n) is 4.54. The van der Waals surface area contributed by atoms with E-state index in [1.165, 1.54) is 11.8 Å². The Morgan fingerprint density at radius 2 is 1.71 bits per heavy atom. The molecule has 6 heteroatoms. The predicted molar refractivity (Wildman–Crippen MR) is 117 cm³/mol. The number of rotatable bonds is 9. The van der Waals surface area contributed by atoms with Crippen molar-refractivity contribution in [1.82, 2.24) is 10.2 Å². The van der Waals surface area contributed by atoms with Crippen LogP contribution in [0, 0.1) is 0 Å². The Morgan fingerprint density at radius 1 is 1.07 bits per heavy atom. The largest absolute Gasteiger partial charge is 0.352 e. The maximum absolute atomic E-state index is 13.0. The van der Waals surface area contributed by atoms with Crippen LogP contribution in [0.1, 0.15) is 32.8 Å². The van der Waals surface area contributed by atoms with Crippen LogP contribution in [0.3, 0.4) is 0 Å². The van der Waals surface area contributed by atoms with E-state index in [0.29, 0.717) is 11.6 Å². The maximum atomic E-state index is 13.0. The van der Waals surface area contributed by atoms with Gasteiger partial charge in [0.1, 0.15) is 6.04 Å². The summed E-state index contributed by atoms with van der Waals surface area (Å²) in [5.41, 5.74) is 0.936. The smallest absolute Gasteiger partial charge is 0.242 e. The monoisotopic (exact) mass is 418 g/mol. The van der Waals surface area contributed by atoms with Crippen LogP contribution < -0.4 is 5.32 Å². The number of amides is 2. The number of halogens is 1. The van der Waals surface area contributed by atoms with Crippen molar-refractivity contribution < 1.29 is 9.59 Å². The summed E-state index contributed by atoms with van der Waals surface area (Å²) in [5.74, 6) is 0.0652. The van der Waals surface area contributed by atoms with Crippen LogP contribution in [0.2, 0.25) is 5.02 Å². The molecule has 0 aliphatic carbocycles. The van der Waals surface area contributed by atoms with E-state index in [2.05, 4.69) is 5.32 Å². The van der Waals surface area contributed by atoms with Gasteiger partial charge in [0.25, 0.3) is 0 Å². The second-order valence-corrected chi connectivity index (χ2v) is 8.23. The molecule has 0 unspecified atom stereocenters. The highest BCUT2D eigenvalue weighted by Crippen LogP contribution is 2.20. The van der Waals surface area contributed by atoms with Crippen LogP contribution in [0.25, 0.3) is 0 Å². The Balaban J connectivity index is 2.12. The van der Waals surface area contributed by atoms with E-state index < -0.39 is 6.04 Å². The number of nitrogens with zero attached hydrogens (tertiary/aromatic N) is 1. The number of carbonyl (C=O) groups is 2. The third kappa shape index (κ3) is 6.88. The molecule has 28 heavy (non-hydrogen) atoms. The minimum Gasteiger partial charge on any atom is -0.352 e. The van der Waals surface area contributed by atoms with Crippen molar-refractivity contribution in [1.29, 1.82) is 0 Å². The van der Waals surface area contributed by atoms with Crippen LogP contribution in [-0.2, 0) is 16.1 Å². The van der Waals surface area contributed by atoms with Gasteiger partial charge in [0, 0.05) is 22.5 Å². The second-order valence-electron chi connectivity index (χ2n) is 6.74. The van der Waals surface area contributed by atoms with E-state index in [9.17, 15) is 9.59 Å². The first-order valence-electron chi connectivity index (χ1n) is 9.42. The summed E-state index contributed by atoms with van der Waals surface area (Å²) in [6, 6.07) is 16.6. The van der Waals surface area contributed by atoms with Crippen molar-refractivity contribution in [2.45, 2.75) is 50.7 Å². The molecule has 1 N–H and O–H groups in total. The van der Waals surface area contributed by atoms with Crippen molar-refractivity contribution in [3.63, 3.8) is 0 Å². The lowest BCUT2D eigenvalue weighted by Crippen LogP contribution is -2.50. The molecule has 0 saturated heterocycles. The summed E-state index contributed by atoms with van der Waals surface area (Å²) in [4.78, 5) is 28.3. The molecule has 150 valence electrons. The van der Waals surface area contributed by atoms with Gasteiger partial charge in [0.2, 0.25) is 11.8 Å². The standard InChI is InChI=1S/C22H27ClN2O2S/c1-4-16(2)24-22(27)17(3)25(14-18-10-12-19(23)13-11-18)21(26)15-28-20-8-6-5-7-9-20/h5-13,16-17H,4,14-15H2,1-3H3,(H,24,27)/t16-,17-/m0/s1. The molecule has 2 amide bonds. The van der Waals surface area contributed by atoms with E-state index in [-0.39, 0.29) is 23.6 Å². The first-order chi connectivity index (χ1) is 13.4.